The van der Waals surface area contributed by atoms with Crippen LogP contribution in [0.1, 0.15) is 39.2 Å². The summed E-state index contributed by atoms with van der Waals surface area (Å²) in [5.41, 5.74) is 1.28. The fourth-order valence-electron chi connectivity index (χ4n) is 1.39. The second-order valence-corrected chi connectivity index (χ2v) is 4.20. The Hall–Kier alpha value is -1.31. The average molecular weight is 206 g/mol. The van der Waals surface area contributed by atoms with Gasteiger partial charge in [-0.15, -0.1) is 0 Å². The molecule has 0 aliphatic carbocycles. The standard InChI is InChI=1S/C13H18O2/c1-9(2)10(3)12-5-7-13(8-6-12)15-11(4)14/h5-10H,1-4H3. The normalized spacial score (nSPS) is 12.6. The summed E-state index contributed by atoms with van der Waals surface area (Å²) in [6.07, 6.45) is 0. The molecule has 1 aromatic carbocycles. The molecule has 2 heteroatoms. The lowest BCUT2D eigenvalue weighted by molar-refractivity contribution is -0.131. The van der Waals surface area contributed by atoms with Gasteiger partial charge in [0.25, 0.3) is 0 Å². The highest BCUT2D eigenvalue weighted by molar-refractivity contribution is 5.69. The number of carbonyl (C=O) groups is 1. The summed E-state index contributed by atoms with van der Waals surface area (Å²) in [7, 11) is 0. The van der Waals surface area contributed by atoms with E-state index < -0.39 is 0 Å². The molecule has 0 aliphatic heterocycles. The lowest BCUT2D eigenvalue weighted by atomic mass is 9.90. The minimum absolute atomic E-state index is 0.278. The summed E-state index contributed by atoms with van der Waals surface area (Å²) in [5.74, 6) is 1.47. The Balaban J connectivity index is 2.76. The van der Waals surface area contributed by atoms with Gasteiger partial charge in [-0.25, -0.2) is 0 Å². The SMILES string of the molecule is CC(=O)Oc1ccc(C(C)C(C)C)cc1. The van der Waals surface area contributed by atoms with Crippen LogP contribution in [0.15, 0.2) is 24.3 Å². The van der Waals surface area contributed by atoms with Crippen LogP contribution in [-0.2, 0) is 4.79 Å². The summed E-state index contributed by atoms with van der Waals surface area (Å²) in [6, 6.07) is 7.72. The number of esters is 1. The summed E-state index contributed by atoms with van der Waals surface area (Å²) in [4.78, 5) is 10.7. The molecule has 0 fully saturated rings. The molecule has 0 N–H and O–H groups in total. The Bertz CT molecular complexity index is 325. The van der Waals surface area contributed by atoms with Gasteiger partial charge in [0.05, 0.1) is 0 Å². The second-order valence-electron chi connectivity index (χ2n) is 4.20. The van der Waals surface area contributed by atoms with Gasteiger partial charge in [0, 0.05) is 6.92 Å². The quantitative estimate of drug-likeness (QED) is 0.560. The number of rotatable bonds is 3. The molecule has 15 heavy (non-hydrogen) atoms. The molecule has 1 atom stereocenters. The molecule has 1 aromatic rings. The first-order chi connectivity index (χ1) is 7.00. The number of hydrogen-bond donors (Lipinski definition) is 0. The van der Waals surface area contributed by atoms with Gasteiger partial charge in [0.1, 0.15) is 5.75 Å². The zero-order valence-electron chi connectivity index (χ0n) is 9.78. The Morgan fingerprint density at radius 1 is 1.13 bits per heavy atom. The Morgan fingerprint density at radius 2 is 1.67 bits per heavy atom. The van der Waals surface area contributed by atoms with Crippen molar-refractivity contribution in [2.24, 2.45) is 5.92 Å². The van der Waals surface area contributed by atoms with E-state index >= 15 is 0 Å². The van der Waals surface area contributed by atoms with Crippen LogP contribution in [0.25, 0.3) is 0 Å². The van der Waals surface area contributed by atoms with Crippen molar-refractivity contribution in [2.45, 2.75) is 33.6 Å². The third kappa shape index (κ3) is 3.39. The van der Waals surface area contributed by atoms with Crippen molar-refractivity contribution in [1.29, 1.82) is 0 Å². The smallest absolute Gasteiger partial charge is 0.308 e. The van der Waals surface area contributed by atoms with Crippen molar-refractivity contribution in [3.63, 3.8) is 0 Å². The molecule has 0 saturated carbocycles. The molecule has 0 aromatic heterocycles. The first kappa shape index (κ1) is 11.8. The van der Waals surface area contributed by atoms with E-state index in [1.54, 1.807) is 0 Å². The maximum absolute atomic E-state index is 10.7. The van der Waals surface area contributed by atoms with E-state index in [1.165, 1.54) is 12.5 Å². The molecule has 0 bridgehead atoms. The molecule has 0 heterocycles. The number of ether oxygens (including phenoxy) is 1. The first-order valence-corrected chi connectivity index (χ1v) is 5.29. The van der Waals surface area contributed by atoms with Crippen molar-refractivity contribution in [1.82, 2.24) is 0 Å². The van der Waals surface area contributed by atoms with Crippen LogP contribution >= 0.6 is 0 Å². The van der Waals surface area contributed by atoms with Crippen LogP contribution in [0.4, 0.5) is 0 Å². The van der Waals surface area contributed by atoms with Gasteiger partial charge in [0.2, 0.25) is 0 Å². The Morgan fingerprint density at radius 3 is 2.07 bits per heavy atom. The molecule has 0 aliphatic rings. The summed E-state index contributed by atoms with van der Waals surface area (Å²) in [6.45, 7) is 8.01. The van der Waals surface area contributed by atoms with E-state index in [9.17, 15) is 4.79 Å². The highest BCUT2D eigenvalue weighted by Crippen LogP contribution is 2.25. The molecule has 0 spiro atoms. The van der Waals surface area contributed by atoms with Gasteiger partial charge in [-0.05, 0) is 29.5 Å². The van der Waals surface area contributed by atoms with E-state index in [0.717, 1.165) is 0 Å². The van der Waals surface area contributed by atoms with Crippen molar-refractivity contribution in [2.75, 3.05) is 0 Å². The van der Waals surface area contributed by atoms with E-state index in [1.807, 2.05) is 24.3 Å². The van der Waals surface area contributed by atoms with Gasteiger partial charge in [0.15, 0.2) is 0 Å². The lowest BCUT2D eigenvalue weighted by Gasteiger charge is -2.15. The maximum Gasteiger partial charge on any atom is 0.308 e. The zero-order chi connectivity index (χ0) is 11.4. The minimum Gasteiger partial charge on any atom is -0.427 e. The van der Waals surface area contributed by atoms with Gasteiger partial charge in [-0.3, -0.25) is 4.79 Å². The fraction of sp³-hybridized carbons (Fsp3) is 0.462. The molecular formula is C13H18O2. The third-order valence-corrected chi connectivity index (χ3v) is 2.67. The Kier molecular flexibility index (Phi) is 3.89. The van der Waals surface area contributed by atoms with Gasteiger partial charge in [-0.2, -0.15) is 0 Å². The molecule has 1 unspecified atom stereocenters. The van der Waals surface area contributed by atoms with Gasteiger partial charge >= 0.3 is 5.97 Å². The summed E-state index contributed by atoms with van der Waals surface area (Å²) in [5, 5.41) is 0. The lowest BCUT2D eigenvalue weighted by Crippen LogP contribution is -2.03. The van der Waals surface area contributed by atoms with E-state index in [2.05, 4.69) is 20.8 Å². The average Bonchev–Trinajstić information content (AvgIpc) is 2.17. The summed E-state index contributed by atoms with van der Waals surface area (Å²) >= 11 is 0. The molecule has 82 valence electrons. The third-order valence-electron chi connectivity index (χ3n) is 2.67. The van der Waals surface area contributed by atoms with E-state index in [4.69, 9.17) is 4.74 Å². The summed E-state index contributed by atoms with van der Waals surface area (Å²) < 4.78 is 4.97. The van der Waals surface area contributed by atoms with Crippen LogP contribution in [-0.4, -0.2) is 5.97 Å². The Labute approximate surface area is 91.3 Å². The number of benzene rings is 1. The first-order valence-electron chi connectivity index (χ1n) is 5.29. The largest absolute Gasteiger partial charge is 0.427 e. The van der Waals surface area contributed by atoms with Crippen molar-refractivity contribution in [3.8, 4) is 5.75 Å². The van der Waals surface area contributed by atoms with Gasteiger partial charge < -0.3 is 4.74 Å². The molecule has 1 rings (SSSR count). The van der Waals surface area contributed by atoms with E-state index in [-0.39, 0.29) is 5.97 Å². The highest BCUT2D eigenvalue weighted by Gasteiger charge is 2.09. The molecule has 0 amide bonds. The minimum atomic E-state index is -0.278. The molecular weight excluding hydrogens is 188 g/mol. The molecule has 0 radical (unpaired) electrons. The van der Waals surface area contributed by atoms with Crippen LogP contribution in [0, 0.1) is 5.92 Å². The fourth-order valence-corrected chi connectivity index (χ4v) is 1.39. The number of hydrogen-bond acceptors (Lipinski definition) is 2. The maximum atomic E-state index is 10.7. The van der Waals surface area contributed by atoms with Crippen molar-refractivity contribution >= 4 is 5.97 Å². The second kappa shape index (κ2) is 4.96. The molecule has 0 saturated heterocycles. The van der Waals surface area contributed by atoms with Crippen molar-refractivity contribution in [3.05, 3.63) is 29.8 Å². The number of carbonyl (C=O) groups excluding carboxylic acids is 1. The predicted octanol–water partition coefficient (Wildman–Crippen LogP) is 3.37. The van der Waals surface area contributed by atoms with E-state index in [0.29, 0.717) is 17.6 Å². The topological polar surface area (TPSA) is 26.3 Å². The monoisotopic (exact) mass is 206 g/mol. The zero-order valence-corrected chi connectivity index (χ0v) is 9.78. The van der Waals surface area contributed by atoms with Crippen LogP contribution in [0.3, 0.4) is 0 Å². The van der Waals surface area contributed by atoms with Crippen molar-refractivity contribution < 1.29 is 9.53 Å². The van der Waals surface area contributed by atoms with Crippen LogP contribution < -0.4 is 4.74 Å². The van der Waals surface area contributed by atoms with Gasteiger partial charge in [-0.1, -0.05) is 32.9 Å². The molecule has 2 nitrogen and oxygen atoms in total. The van der Waals surface area contributed by atoms with Crippen LogP contribution in [0.2, 0.25) is 0 Å². The van der Waals surface area contributed by atoms with Crippen LogP contribution in [0.5, 0.6) is 5.75 Å². The highest BCUT2D eigenvalue weighted by atomic mass is 16.5. The predicted molar refractivity (Wildman–Crippen MR) is 61.0 cm³/mol.